The molecule has 0 aliphatic rings. The van der Waals surface area contributed by atoms with E-state index in [4.69, 9.17) is 9.72 Å². The minimum Gasteiger partial charge on any atom is -0.497 e. The zero-order valence-corrected chi connectivity index (χ0v) is 20.3. The summed E-state index contributed by atoms with van der Waals surface area (Å²) in [6.45, 7) is 4.34. The number of aromatic nitrogens is 2. The number of nitrogens with zero attached hydrogens (tertiary/aromatic N) is 2. The maximum Gasteiger partial charge on any atom is 0.266 e. The van der Waals surface area contributed by atoms with Crippen LogP contribution < -0.4 is 15.6 Å². The number of carbonyl (C=O) groups is 1. The topological polar surface area (TPSA) is 73.2 Å². The fourth-order valence-corrected chi connectivity index (χ4v) is 4.46. The van der Waals surface area contributed by atoms with Gasteiger partial charge < -0.3 is 10.1 Å². The van der Waals surface area contributed by atoms with Gasteiger partial charge in [-0.25, -0.2) is 4.98 Å². The Hall–Kier alpha value is -3.58. The third-order valence-corrected chi connectivity index (χ3v) is 6.70. The Morgan fingerprint density at radius 1 is 1.09 bits per heavy atom. The molecule has 7 heteroatoms. The first kappa shape index (κ1) is 23.6. The molecule has 1 atom stereocenters. The van der Waals surface area contributed by atoms with Crippen LogP contribution in [0.1, 0.15) is 31.7 Å². The highest BCUT2D eigenvalue weighted by atomic mass is 32.2. The summed E-state index contributed by atoms with van der Waals surface area (Å²) < 4.78 is 6.86. The number of thioether (sulfide) groups is 1. The maximum absolute atomic E-state index is 13.4. The van der Waals surface area contributed by atoms with Crippen LogP contribution in [-0.2, 0) is 4.79 Å². The van der Waals surface area contributed by atoms with Crippen molar-refractivity contribution in [2.45, 2.75) is 31.3 Å². The molecule has 1 aromatic heterocycles. The van der Waals surface area contributed by atoms with Crippen LogP contribution in [0.3, 0.4) is 0 Å². The van der Waals surface area contributed by atoms with Crippen molar-refractivity contribution in [1.82, 2.24) is 9.55 Å². The van der Waals surface area contributed by atoms with E-state index in [1.165, 1.54) is 21.9 Å². The van der Waals surface area contributed by atoms with Crippen molar-refractivity contribution in [1.29, 1.82) is 0 Å². The molecule has 34 heavy (non-hydrogen) atoms. The molecule has 0 radical (unpaired) electrons. The fraction of sp³-hybridized carbons (Fsp3) is 0.222. The quantitative estimate of drug-likeness (QED) is 0.265. The molecule has 0 bridgehead atoms. The molecule has 0 unspecified atom stereocenters. The maximum atomic E-state index is 13.4. The highest BCUT2D eigenvalue weighted by molar-refractivity contribution is 7.99. The number of para-hydroxylation sites is 1. The largest absolute Gasteiger partial charge is 0.497 e. The van der Waals surface area contributed by atoms with E-state index in [0.717, 1.165) is 12.1 Å². The average Bonchev–Trinajstić information content (AvgIpc) is 2.87. The highest BCUT2D eigenvalue weighted by Gasteiger charge is 2.15. The Balaban J connectivity index is 1.59. The lowest BCUT2D eigenvalue weighted by atomic mass is 9.99. The normalized spacial score (nSPS) is 11.9. The number of nitrogens with one attached hydrogen (secondary N) is 1. The zero-order chi connectivity index (χ0) is 24.1. The molecule has 0 aliphatic carbocycles. The van der Waals surface area contributed by atoms with Gasteiger partial charge in [0, 0.05) is 11.8 Å². The molecule has 0 fully saturated rings. The Labute approximate surface area is 203 Å². The van der Waals surface area contributed by atoms with Crippen LogP contribution in [0.15, 0.2) is 82.7 Å². The molecule has 1 heterocycles. The number of methoxy groups -OCH3 is 1. The number of hydrogen-bond acceptors (Lipinski definition) is 5. The molecule has 1 amide bonds. The standard InChI is InChI=1S/C27H27N3O3S/c1-4-18(2)19-12-14-20(15-13-19)28-25(31)17-34-27-29-24-11-6-5-10-23(24)26(32)30(27)21-8-7-9-22(16-21)33-3/h5-16,18H,4,17H2,1-3H3,(H,28,31)/t18-/m0/s1. The Morgan fingerprint density at radius 2 is 1.85 bits per heavy atom. The number of carbonyl (C=O) groups excluding carboxylic acids is 1. The second-order valence-corrected chi connectivity index (χ2v) is 8.96. The van der Waals surface area contributed by atoms with Gasteiger partial charge in [-0.1, -0.05) is 55.9 Å². The van der Waals surface area contributed by atoms with Gasteiger partial charge in [-0.3, -0.25) is 14.2 Å². The number of rotatable bonds is 8. The lowest BCUT2D eigenvalue weighted by Crippen LogP contribution is -2.23. The number of ether oxygens (including phenoxy) is 1. The van der Waals surface area contributed by atoms with Gasteiger partial charge in [0.15, 0.2) is 5.16 Å². The van der Waals surface area contributed by atoms with Crippen LogP contribution in [0.2, 0.25) is 0 Å². The van der Waals surface area contributed by atoms with Crippen LogP contribution in [0.25, 0.3) is 16.6 Å². The minimum absolute atomic E-state index is 0.113. The van der Waals surface area contributed by atoms with Crippen LogP contribution >= 0.6 is 11.8 Å². The van der Waals surface area contributed by atoms with Crippen molar-refractivity contribution in [2.75, 3.05) is 18.2 Å². The predicted octanol–water partition coefficient (Wildman–Crippen LogP) is 5.64. The van der Waals surface area contributed by atoms with E-state index >= 15 is 0 Å². The summed E-state index contributed by atoms with van der Waals surface area (Å²) >= 11 is 1.22. The number of anilines is 1. The first-order valence-electron chi connectivity index (χ1n) is 11.2. The first-order chi connectivity index (χ1) is 16.5. The van der Waals surface area contributed by atoms with E-state index in [-0.39, 0.29) is 17.2 Å². The second kappa shape index (κ2) is 10.6. The van der Waals surface area contributed by atoms with Gasteiger partial charge in [-0.05, 0) is 54.3 Å². The molecule has 0 saturated carbocycles. The number of amides is 1. The molecule has 3 aromatic carbocycles. The van der Waals surface area contributed by atoms with Crippen molar-refractivity contribution in [2.24, 2.45) is 0 Å². The molecule has 0 saturated heterocycles. The van der Waals surface area contributed by atoms with Gasteiger partial charge in [0.25, 0.3) is 5.56 Å². The molecule has 1 N–H and O–H groups in total. The van der Waals surface area contributed by atoms with Crippen molar-refractivity contribution in [3.63, 3.8) is 0 Å². The highest BCUT2D eigenvalue weighted by Crippen LogP contribution is 2.24. The minimum atomic E-state index is -0.192. The van der Waals surface area contributed by atoms with Crippen molar-refractivity contribution < 1.29 is 9.53 Å². The summed E-state index contributed by atoms with van der Waals surface area (Å²) in [4.78, 5) is 30.7. The molecular weight excluding hydrogens is 446 g/mol. The van der Waals surface area contributed by atoms with Gasteiger partial charge in [0.2, 0.25) is 5.91 Å². The van der Waals surface area contributed by atoms with E-state index in [0.29, 0.717) is 33.4 Å². The molecule has 6 nitrogen and oxygen atoms in total. The van der Waals surface area contributed by atoms with E-state index in [1.54, 1.807) is 25.3 Å². The average molecular weight is 474 g/mol. The second-order valence-electron chi connectivity index (χ2n) is 8.02. The molecule has 0 aliphatic heterocycles. The van der Waals surface area contributed by atoms with E-state index in [1.807, 2.05) is 54.6 Å². The summed E-state index contributed by atoms with van der Waals surface area (Å²) in [7, 11) is 1.58. The zero-order valence-electron chi connectivity index (χ0n) is 19.4. The third-order valence-electron chi connectivity index (χ3n) is 5.76. The van der Waals surface area contributed by atoms with Crippen LogP contribution in [0, 0.1) is 0 Å². The monoisotopic (exact) mass is 473 g/mol. The van der Waals surface area contributed by atoms with Crippen molar-refractivity contribution >= 4 is 34.3 Å². The summed E-state index contributed by atoms with van der Waals surface area (Å²) in [5, 5.41) is 3.89. The molecule has 174 valence electrons. The number of fused-ring (bicyclic) bond motifs is 1. The molecule has 4 aromatic rings. The summed E-state index contributed by atoms with van der Waals surface area (Å²) in [5.74, 6) is 1.06. The molecule has 0 spiro atoms. The molecular formula is C27H27N3O3S. The van der Waals surface area contributed by atoms with Crippen LogP contribution in [0.5, 0.6) is 5.75 Å². The summed E-state index contributed by atoms with van der Waals surface area (Å²) in [5.41, 5.74) is 3.02. The Kier molecular flexibility index (Phi) is 7.33. The van der Waals surface area contributed by atoms with Gasteiger partial charge >= 0.3 is 0 Å². The smallest absolute Gasteiger partial charge is 0.266 e. The first-order valence-corrected chi connectivity index (χ1v) is 12.2. The number of benzene rings is 3. The lowest BCUT2D eigenvalue weighted by molar-refractivity contribution is -0.113. The fourth-order valence-electron chi connectivity index (χ4n) is 3.64. The lowest BCUT2D eigenvalue weighted by Gasteiger charge is -2.14. The third kappa shape index (κ3) is 5.15. The van der Waals surface area contributed by atoms with Crippen molar-refractivity contribution in [3.05, 3.63) is 88.7 Å². The van der Waals surface area contributed by atoms with E-state index in [2.05, 4.69) is 19.2 Å². The molecule has 4 rings (SSSR count). The van der Waals surface area contributed by atoms with Gasteiger partial charge in [0.1, 0.15) is 5.75 Å². The Bertz CT molecular complexity index is 1370. The summed E-state index contributed by atoms with van der Waals surface area (Å²) in [6, 6.07) is 22.4. The number of hydrogen-bond donors (Lipinski definition) is 1. The van der Waals surface area contributed by atoms with Crippen molar-refractivity contribution in [3.8, 4) is 11.4 Å². The predicted molar refractivity (Wildman–Crippen MR) is 138 cm³/mol. The SMILES string of the molecule is CC[C@H](C)c1ccc(NC(=O)CSc2nc3ccccc3c(=O)n2-c2cccc(OC)c2)cc1. The summed E-state index contributed by atoms with van der Waals surface area (Å²) in [6.07, 6.45) is 1.07. The Morgan fingerprint density at radius 3 is 2.59 bits per heavy atom. The van der Waals surface area contributed by atoms with Gasteiger partial charge in [-0.15, -0.1) is 0 Å². The van der Waals surface area contributed by atoms with Gasteiger partial charge in [0.05, 0.1) is 29.5 Å². The van der Waals surface area contributed by atoms with Crippen LogP contribution in [0.4, 0.5) is 5.69 Å². The van der Waals surface area contributed by atoms with E-state index in [9.17, 15) is 9.59 Å². The van der Waals surface area contributed by atoms with Crippen LogP contribution in [-0.4, -0.2) is 28.3 Å². The van der Waals surface area contributed by atoms with Gasteiger partial charge in [-0.2, -0.15) is 0 Å². The van der Waals surface area contributed by atoms with E-state index < -0.39 is 0 Å².